The molecule has 0 saturated carbocycles. The number of rotatable bonds is 19. The van der Waals surface area contributed by atoms with Gasteiger partial charge in [-0.1, -0.05) is 105 Å². The third kappa shape index (κ3) is 14.2. The third-order valence-corrected chi connectivity index (χ3v) is 12.9. The lowest BCUT2D eigenvalue weighted by molar-refractivity contribution is -0.138. The molecule has 1 fully saturated rings. The van der Waals surface area contributed by atoms with Gasteiger partial charge in [0, 0.05) is 62.6 Å². The van der Waals surface area contributed by atoms with Gasteiger partial charge in [0.05, 0.1) is 50.3 Å². The number of aryl methyl sites for hydroxylation is 2. The molecule has 1 saturated heterocycles. The van der Waals surface area contributed by atoms with Crippen molar-refractivity contribution in [2.45, 2.75) is 66.3 Å². The summed E-state index contributed by atoms with van der Waals surface area (Å²) < 4.78 is 34.2. The van der Waals surface area contributed by atoms with Crippen LogP contribution in [0.3, 0.4) is 0 Å². The number of carbonyl (C=O) groups is 3. The minimum Gasteiger partial charge on any atom is -0.493 e. The molecule has 14 heteroatoms. The molecule has 2 aliphatic heterocycles. The van der Waals surface area contributed by atoms with Crippen LogP contribution in [0, 0.1) is 19.8 Å². The standard InChI is InChI=1S/C31H30N2O4.C28H32N2O6.CH4/c1-22-29(32-30(37-22)24-12-7-4-8-13-24)16-17-36-26-15-9-14-25(18-26)27-20-33(21-28(27)31(34)35-2)19-23-10-5-3-6-11-23;1-3-13-35-28(33)30-17-22(16-26(31)32)24(18-30)21-10-7-11-23(15-21)34-14-12-25-19(2)36-27(29-25)20-8-5-4-6-9-20;/h3-15,18H,16-17,19-21H2,1-2H3;4-11,15,22,24H,3,12-14,16-18H2,1-2H3,(H,31,32);1H4/t;22-,24-;/m.1./s1. The van der Waals surface area contributed by atoms with Crippen LogP contribution in [0.25, 0.3) is 28.5 Å². The number of esters is 1. The number of benzene rings is 5. The first kappa shape index (κ1) is 53.8. The Hall–Kier alpha value is -7.97. The van der Waals surface area contributed by atoms with Gasteiger partial charge in [0.2, 0.25) is 11.8 Å². The molecule has 4 heterocycles. The summed E-state index contributed by atoms with van der Waals surface area (Å²) in [5, 5.41) is 9.41. The van der Waals surface area contributed by atoms with Crippen LogP contribution in [0.1, 0.15) is 72.7 Å². The summed E-state index contributed by atoms with van der Waals surface area (Å²) in [6.07, 6.45) is 1.56. The van der Waals surface area contributed by atoms with Crippen LogP contribution >= 0.6 is 0 Å². The molecule has 2 atom stereocenters. The Bertz CT molecular complexity index is 2970. The van der Waals surface area contributed by atoms with Gasteiger partial charge in [-0.2, -0.15) is 0 Å². The average molecular weight is 1000 g/mol. The first-order valence-electron chi connectivity index (χ1n) is 24.7. The first-order chi connectivity index (χ1) is 35.5. The Balaban J connectivity index is 0.000000213. The number of hydrogen-bond donors (Lipinski definition) is 1. The topological polar surface area (TPSA) is 167 Å². The Labute approximate surface area is 433 Å². The van der Waals surface area contributed by atoms with Crippen LogP contribution in [0.5, 0.6) is 11.5 Å². The lowest BCUT2D eigenvalue weighted by atomic mass is 9.87. The number of likely N-dealkylation sites (tertiary alicyclic amines) is 1. The van der Waals surface area contributed by atoms with Crippen LogP contribution in [0.2, 0.25) is 0 Å². The number of carboxylic acid groups (broad SMARTS) is 1. The van der Waals surface area contributed by atoms with Crippen LogP contribution < -0.4 is 9.47 Å². The SMILES string of the molecule is C.CCCOC(=O)N1C[C@@H](CC(=O)O)[C@@H](c2cccc(OCCc3nc(-c4ccccc4)oc3C)c2)C1.COC(=O)C1=C(c2cccc(OCCc3nc(-c4ccccc4)oc3C)c2)CN(Cc2ccccc2)C1. The Morgan fingerprint density at radius 2 is 1.23 bits per heavy atom. The predicted molar refractivity (Wildman–Crippen MR) is 284 cm³/mol. The fourth-order valence-electron chi connectivity index (χ4n) is 9.20. The van der Waals surface area contributed by atoms with Gasteiger partial charge >= 0.3 is 18.0 Å². The highest BCUT2D eigenvalue weighted by Gasteiger charge is 2.38. The van der Waals surface area contributed by atoms with E-state index in [1.54, 1.807) is 4.90 Å². The zero-order valence-corrected chi connectivity index (χ0v) is 41.8. The van der Waals surface area contributed by atoms with E-state index in [1.165, 1.54) is 12.7 Å². The molecule has 14 nitrogen and oxygen atoms in total. The maximum atomic E-state index is 12.6. The smallest absolute Gasteiger partial charge is 0.409 e. The molecule has 0 spiro atoms. The number of methoxy groups -OCH3 is 1. The zero-order chi connectivity index (χ0) is 51.1. The van der Waals surface area contributed by atoms with Gasteiger partial charge in [0.15, 0.2) is 0 Å². The molecule has 7 aromatic rings. The summed E-state index contributed by atoms with van der Waals surface area (Å²) in [5.74, 6) is 2.77. The van der Waals surface area contributed by atoms with E-state index in [4.69, 9.17) is 27.8 Å². The highest BCUT2D eigenvalue weighted by Crippen LogP contribution is 2.37. The Kier molecular flexibility index (Phi) is 19.0. The normalized spacial score (nSPS) is 15.2. The molecule has 1 amide bonds. The van der Waals surface area contributed by atoms with Crippen molar-refractivity contribution in [2.24, 2.45) is 5.92 Å². The molecule has 74 heavy (non-hydrogen) atoms. The lowest BCUT2D eigenvalue weighted by Gasteiger charge is -2.18. The van der Waals surface area contributed by atoms with Crippen molar-refractivity contribution in [3.63, 3.8) is 0 Å². The van der Waals surface area contributed by atoms with Gasteiger partial charge in [-0.3, -0.25) is 9.69 Å². The summed E-state index contributed by atoms with van der Waals surface area (Å²) in [6, 6.07) is 45.5. The maximum Gasteiger partial charge on any atom is 0.409 e. The molecule has 386 valence electrons. The fraction of sp³-hybridized carbons (Fsp3) is 0.317. The number of aliphatic carboxylic acids is 1. The molecule has 0 radical (unpaired) electrons. The number of carboxylic acids is 1. The molecule has 2 aromatic heterocycles. The highest BCUT2D eigenvalue weighted by atomic mass is 16.6. The van der Waals surface area contributed by atoms with Crippen molar-refractivity contribution < 1.29 is 47.3 Å². The summed E-state index contributed by atoms with van der Waals surface area (Å²) in [5.41, 5.74) is 8.44. The summed E-state index contributed by atoms with van der Waals surface area (Å²) >= 11 is 0. The number of aromatic nitrogens is 2. The predicted octanol–water partition coefficient (Wildman–Crippen LogP) is 11.7. The average Bonchev–Trinajstić information content (AvgIpc) is 4.22. The largest absolute Gasteiger partial charge is 0.493 e. The second-order valence-electron chi connectivity index (χ2n) is 18.1. The molecule has 2 aliphatic rings. The van der Waals surface area contributed by atoms with E-state index < -0.39 is 5.97 Å². The lowest BCUT2D eigenvalue weighted by Crippen LogP contribution is -2.30. The van der Waals surface area contributed by atoms with Crippen molar-refractivity contribution >= 4 is 23.6 Å². The number of ether oxygens (including phenoxy) is 4. The highest BCUT2D eigenvalue weighted by molar-refractivity contribution is 5.99. The van der Waals surface area contributed by atoms with E-state index in [9.17, 15) is 19.5 Å². The van der Waals surface area contributed by atoms with Gasteiger partial charge in [-0.15, -0.1) is 0 Å². The van der Waals surface area contributed by atoms with Crippen LogP contribution in [-0.4, -0.2) is 96.0 Å². The monoisotopic (exact) mass is 1000 g/mol. The number of nitrogens with zero attached hydrogens (tertiary/aromatic N) is 4. The maximum absolute atomic E-state index is 12.6. The quantitative estimate of drug-likeness (QED) is 0.0761. The second kappa shape index (κ2) is 26.1. The van der Waals surface area contributed by atoms with Gasteiger partial charge in [-0.05, 0) is 97.0 Å². The molecular weight excluding hydrogens is 937 g/mol. The van der Waals surface area contributed by atoms with Gasteiger partial charge in [0.1, 0.15) is 23.0 Å². The van der Waals surface area contributed by atoms with Crippen LogP contribution in [-0.2, 0) is 38.4 Å². The Morgan fingerprint density at radius 3 is 1.80 bits per heavy atom. The summed E-state index contributed by atoms with van der Waals surface area (Å²) in [6.45, 7) is 9.77. The van der Waals surface area contributed by atoms with Crippen LogP contribution in [0.4, 0.5) is 4.79 Å². The summed E-state index contributed by atoms with van der Waals surface area (Å²) in [7, 11) is 1.43. The van der Waals surface area contributed by atoms with Gasteiger partial charge < -0.3 is 37.8 Å². The van der Waals surface area contributed by atoms with Crippen molar-refractivity contribution in [1.29, 1.82) is 0 Å². The number of oxazole rings is 2. The molecule has 0 bridgehead atoms. The Morgan fingerprint density at radius 1 is 0.676 bits per heavy atom. The molecular formula is C60H66N4O10. The minimum absolute atomic E-state index is 0. The van der Waals surface area contributed by atoms with E-state index in [2.05, 4.69) is 27.0 Å². The van der Waals surface area contributed by atoms with Crippen molar-refractivity contribution in [2.75, 3.05) is 53.1 Å². The molecule has 1 N–H and O–H groups in total. The number of carbonyl (C=O) groups excluding carboxylic acids is 2. The molecule has 5 aromatic carbocycles. The zero-order valence-electron chi connectivity index (χ0n) is 41.8. The number of hydrogen-bond acceptors (Lipinski definition) is 12. The van der Waals surface area contributed by atoms with E-state index in [0.29, 0.717) is 81.9 Å². The number of amides is 1. The van der Waals surface area contributed by atoms with E-state index in [-0.39, 0.29) is 37.7 Å². The van der Waals surface area contributed by atoms with Crippen molar-refractivity contribution in [1.82, 2.24) is 19.8 Å². The second-order valence-corrected chi connectivity index (χ2v) is 18.1. The van der Waals surface area contributed by atoms with E-state index >= 15 is 0 Å². The van der Waals surface area contributed by atoms with E-state index in [1.807, 2.05) is 148 Å². The first-order valence-corrected chi connectivity index (χ1v) is 24.7. The van der Waals surface area contributed by atoms with Gasteiger partial charge in [-0.25, -0.2) is 19.6 Å². The molecule has 0 aliphatic carbocycles. The fourth-order valence-corrected chi connectivity index (χ4v) is 9.20. The molecule has 0 unspecified atom stereocenters. The summed E-state index contributed by atoms with van der Waals surface area (Å²) in [4.78, 5) is 49.6. The van der Waals surface area contributed by atoms with E-state index in [0.717, 1.165) is 69.5 Å². The van der Waals surface area contributed by atoms with Crippen molar-refractivity contribution in [3.8, 4) is 34.4 Å². The molecule has 9 rings (SSSR count). The third-order valence-electron chi connectivity index (χ3n) is 12.9. The minimum atomic E-state index is -0.876. The van der Waals surface area contributed by atoms with Crippen molar-refractivity contribution in [3.05, 3.63) is 185 Å². The van der Waals surface area contributed by atoms with Gasteiger partial charge in [0.25, 0.3) is 0 Å². The van der Waals surface area contributed by atoms with Crippen LogP contribution in [0.15, 0.2) is 154 Å².